The first-order chi connectivity index (χ1) is 11.4. The summed E-state index contributed by atoms with van der Waals surface area (Å²) in [5.41, 5.74) is 5.66. The van der Waals surface area contributed by atoms with Crippen molar-refractivity contribution in [3.8, 4) is 11.4 Å². The number of aromatic nitrogens is 4. The first-order valence-electron chi connectivity index (χ1n) is 7.48. The van der Waals surface area contributed by atoms with Crippen LogP contribution in [-0.4, -0.2) is 19.6 Å². The number of rotatable bonds is 1. The second-order valence-electron chi connectivity index (χ2n) is 5.50. The minimum atomic E-state index is 0.860. The first kappa shape index (κ1) is 12.3. The van der Waals surface area contributed by atoms with E-state index in [1.165, 1.54) is 5.39 Å². The largest absolute Gasteiger partial charge is 0.255 e. The van der Waals surface area contributed by atoms with Crippen molar-refractivity contribution in [1.29, 1.82) is 0 Å². The van der Waals surface area contributed by atoms with Crippen molar-refractivity contribution in [2.75, 3.05) is 0 Å². The Morgan fingerprint density at radius 3 is 2.70 bits per heavy atom. The Balaban J connectivity index is 1.76. The van der Waals surface area contributed by atoms with Crippen LogP contribution in [-0.2, 0) is 0 Å². The van der Waals surface area contributed by atoms with Gasteiger partial charge in [0.2, 0.25) is 0 Å². The minimum Gasteiger partial charge on any atom is -0.255 e. The molecule has 0 bridgehead atoms. The van der Waals surface area contributed by atoms with Gasteiger partial charge in [-0.3, -0.25) is 4.98 Å². The van der Waals surface area contributed by atoms with Crippen LogP contribution in [0.25, 0.3) is 38.8 Å². The molecule has 108 valence electrons. The highest BCUT2D eigenvalue weighted by Gasteiger charge is 2.09. The fourth-order valence-electron chi connectivity index (χ4n) is 2.93. The van der Waals surface area contributed by atoms with Crippen LogP contribution in [0.4, 0.5) is 0 Å². The van der Waals surface area contributed by atoms with Gasteiger partial charge in [-0.1, -0.05) is 24.3 Å². The van der Waals surface area contributed by atoms with Crippen LogP contribution in [0.1, 0.15) is 0 Å². The van der Waals surface area contributed by atoms with Crippen LogP contribution in [0.5, 0.6) is 0 Å². The zero-order valence-corrected chi connectivity index (χ0v) is 12.2. The Labute approximate surface area is 132 Å². The normalized spacial score (nSPS) is 11.5. The number of hydrogen-bond donors (Lipinski definition) is 0. The van der Waals surface area contributed by atoms with Crippen LogP contribution >= 0.6 is 0 Å². The predicted octanol–water partition coefficient (Wildman–Crippen LogP) is 4.10. The lowest BCUT2D eigenvalue weighted by Gasteiger charge is -2.00. The van der Waals surface area contributed by atoms with Crippen molar-refractivity contribution >= 4 is 27.5 Å². The molecule has 0 aliphatic rings. The van der Waals surface area contributed by atoms with Gasteiger partial charge in [-0.2, -0.15) is 5.10 Å². The zero-order valence-electron chi connectivity index (χ0n) is 12.2. The van der Waals surface area contributed by atoms with Crippen molar-refractivity contribution in [1.82, 2.24) is 19.6 Å². The summed E-state index contributed by atoms with van der Waals surface area (Å²) in [6.07, 6.45) is 1.78. The quantitative estimate of drug-likeness (QED) is 0.468. The van der Waals surface area contributed by atoms with E-state index in [9.17, 15) is 0 Å². The predicted molar refractivity (Wildman–Crippen MR) is 91.2 cm³/mol. The van der Waals surface area contributed by atoms with Gasteiger partial charge in [0.05, 0.1) is 27.8 Å². The monoisotopic (exact) mass is 296 g/mol. The average Bonchev–Trinajstić information content (AvgIpc) is 3.06. The minimum absolute atomic E-state index is 0.860. The molecule has 4 aromatic heterocycles. The molecular formula is C19H12N4. The molecule has 0 unspecified atom stereocenters. The maximum absolute atomic E-state index is 4.75. The second-order valence-corrected chi connectivity index (χ2v) is 5.50. The smallest absolute Gasteiger partial charge is 0.112 e. The van der Waals surface area contributed by atoms with Gasteiger partial charge in [0, 0.05) is 11.6 Å². The Hall–Kier alpha value is -3.27. The van der Waals surface area contributed by atoms with E-state index in [1.54, 1.807) is 6.20 Å². The topological polar surface area (TPSA) is 43.1 Å². The fourth-order valence-corrected chi connectivity index (χ4v) is 2.93. The number of fused-ring (bicyclic) bond motifs is 4. The van der Waals surface area contributed by atoms with Crippen molar-refractivity contribution in [3.63, 3.8) is 0 Å². The maximum atomic E-state index is 4.75. The van der Waals surface area contributed by atoms with Crippen molar-refractivity contribution in [3.05, 3.63) is 72.9 Å². The molecule has 4 heteroatoms. The molecule has 0 spiro atoms. The molecule has 0 saturated carbocycles. The van der Waals surface area contributed by atoms with E-state index in [1.807, 2.05) is 40.9 Å². The number of hydrogen-bond acceptors (Lipinski definition) is 3. The van der Waals surface area contributed by atoms with Crippen molar-refractivity contribution in [2.45, 2.75) is 0 Å². The van der Waals surface area contributed by atoms with Gasteiger partial charge in [-0.15, -0.1) is 0 Å². The van der Waals surface area contributed by atoms with E-state index in [0.717, 1.165) is 33.5 Å². The Bertz CT molecular complexity index is 1170. The standard InChI is InChI=1S/C19H12N4/c1-2-6-19-13(4-1)7-8-14-12-18(22-23(14)19)17-10-9-15-16(21-17)5-3-11-20-15/h1-12H. The van der Waals surface area contributed by atoms with Gasteiger partial charge >= 0.3 is 0 Å². The van der Waals surface area contributed by atoms with E-state index in [2.05, 4.69) is 40.3 Å². The lowest BCUT2D eigenvalue weighted by atomic mass is 10.2. The Morgan fingerprint density at radius 1 is 0.739 bits per heavy atom. The highest BCUT2D eigenvalue weighted by Crippen LogP contribution is 2.23. The molecule has 0 radical (unpaired) electrons. The van der Waals surface area contributed by atoms with E-state index in [4.69, 9.17) is 5.10 Å². The third-order valence-corrected chi connectivity index (χ3v) is 4.05. The zero-order chi connectivity index (χ0) is 15.2. The van der Waals surface area contributed by atoms with Gasteiger partial charge in [0.25, 0.3) is 0 Å². The Morgan fingerprint density at radius 2 is 1.70 bits per heavy atom. The maximum Gasteiger partial charge on any atom is 0.112 e. The third-order valence-electron chi connectivity index (χ3n) is 4.05. The molecule has 0 atom stereocenters. The average molecular weight is 296 g/mol. The van der Waals surface area contributed by atoms with Crippen LogP contribution in [0.3, 0.4) is 0 Å². The molecule has 0 aliphatic heterocycles. The molecule has 0 N–H and O–H groups in total. The molecular weight excluding hydrogens is 284 g/mol. The fraction of sp³-hybridized carbons (Fsp3) is 0. The van der Waals surface area contributed by atoms with Crippen molar-refractivity contribution in [2.24, 2.45) is 0 Å². The molecule has 0 saturated heterocycles. The van der Waals surface area contributed by atoms with Crippen LogP contribution in [0.15, 0.2) is 72.9 Å². The molecule has 4 heterocycles. The van der Waals surface area contributed by atoms with Crippen LogP contribution < -0.4 is 0 Å². The van der Waals surface area contributed by atoms with E-state index in [0.29, 0.717) is 0 Å². The molecule has 0 aliphatic carbocycles. The second kappa shape index (κ2) is 4.61. The number of pyridine rings is 3. The van der Waals surface area contributed by atoms with Gasteiger partial charge in [-0.05, 0) is 42.5 Å². The summed E-state index contributed by atoms with van der Waals surface area (Å²) in [7, 11) is 0. The van der Waals surface area contributed by atoms with Gasteiger partial charge in [0.15, 0.2) is 0 Å². The molecule has 4 nitrogen and oxygen atoms in total. The Kier molecular flexibility index (Phi) is 2.46. The summed E-state index contributed by atoms with van der Waals surface area (Å²) in [5, 5.41) is 5.92. The van der Waals surface area contributed by atoms with E-state index in [-0.39, 0.29) is 0 Å². The lowest BCUT2D eigenvalue weighted by molar-refractivity contribution is 1.00. The highest BCUT2D eigenvalue weighted by atomic mass is 15.2. The summed E-state index contributed by atoms with van der Waals surface area (Å²) in [6, 6.07) is 22.3. The summed E-state index contributed by atoms with van der Waals surface area (Å²) in [5.74, 6) is 0. The molecule has 5 rings (SSSR count). The number of nitrogens with zero attached hydrogens (tertiary/aromatic N) is 4. The van der Waals surface area contributed by atoms with E-state index < -0.39 is 0 Å². The van der Waals surface area contributed by atoms with Crippen LogP contribution in [0, 0.1) is 0 Å². The van der Waals surface area contributed by atoms with E-state index >= 15 is 0 Å². The highest BCUT2D eigenvalue weighted by molar-refractivity contribution is 5.84. The first-order valence-corrected chi connectivity index (χ1v) is 7.48. The third kappa shape index (κ3) is 1.89. The summed E-state index contributed by atoms with van der Waals surface area (Å²) in [4.78, 5) is 8.99. The van der Waals surface area contributed by atoms with Gasteiger partial charge in [-0.25, -0.2) is 9.50 Å². The number of para-hydroxylation sites is 1. The molecule has 23 heavy (non-hydrogen) atoms. The lowest BCUT2D eigenvalue weighted by Crippen LogP contribution is -1.91. The van der Waals surface area contributed by atoms with Crippen LogP contribution in [0.2, 0.25) is 0 Å². The summed E-state index contributed by atoms with van der Waals surface area (Å²) >= 11 is 0. The molecule has 5 aromatic rings. The SMILES string of the molecule is c1ccc2c(c1)ccc1cc(-c3ccc4ncccc4n3)nn12. The van der Waals surface area contributed by atoms with Gasteiger partial charge in [0.1, 0.15) is 5.69 Å². The number of benzene rings is 1. The van der Waals surface area contributed by atoms with Crippen molar-refractivity contribution < 1.29 is 0 Å². The molecule has 1 aromatic carbocycles. The van der Waals surface area contributed by atoms with Gasteiger partial charge < -0.3 is 0 Å². The molecule has 0 amide bonds. The summed E-state index contributed by atoms with van der Waals surface area (Å²) in [6.45, 7) is 0. The molecule has 0 fully saturated rings. The summed E-state index contributed by atoms with van der Waals surface area (Å²) < 4.78 is 1.97.